The first-order valence-electron chi connectivity index (χ1n) is 20.4. The Morgan fingerprint density at radius 1 is 0.422 bits per heavy atom. The van der Waals surface area contributed by atoms with Gasteiger partial charge in [-0.15, -0.1) is 0 Å². The molecule has 0 aliphatic rings. The summed E-state index contributed by atoms with van der Waals surface area (Å²) in [6, 6.07) is 0. The zero-order valence-electron chi connectivity index (χ0n) is 32.1. The fourth-order valence-electron chi connectivity index (χ4n) is 5.98. The highest BCUT2D eigenvalue weighted by atomic mass is 35.5. The molecule has 0 amide bonds. The Bertz CT molecular complexity index is 525. The molecule has 0 aromatic rings. The van der Waals surface area contributed by atoms with Gasteiger partial charge in [-0.3, -0.25) is 4.79 Å². The standard InChI is InChI=1S/C38H76O2.C3H9N.ClH/c1-4-7-10-13-16-18-19-20-21-22-23-25-27-30-33-36-38(39)40-37(34-31-28-15-12-9-6-3)35-32-29-26-24-17-14-11-8-5-2;1-4(2)3;/h37H,4-36H2,1-3H3;1-3H3;1H. The number of rotatable bonds is 34. The van der Waals surface area contributed by atoms with E-state index in [9.17, 15) is 4.79 Å². The fourth-order valence-corrected chi connectivity index (χ4v) is 5.98. The van der Waals surface area contributed by atoms with Gasteiger partial charge in [0.2, 0.25) is 0 Å². The first kappa shape index (κ1) is 49.1. The lowest BCUT2D eigenvalue weighted by molar-refractivity contribution is -0.836. The molecule has 0 fully saturated rings. The molecular weight excluding hydrogens is 574 g/mol. The summed E-state index contributed by atoms with van der Waals surface area (Å²) in [5.74, 6) is 0.0709. The van der Waals surface area contributed by atoms with Crippen LogP contribution in [0.5, 0.6) is 0 Å². The third kappa shape index (κ3) is 48.2. The van der Waals surface area contributed by atoms with Gasteiger partial charge >= 0.3 is 5.97 Å². The molecular formula is C41H86ClNO2. The van der Waals surface area contributed by atoms with E-state index in [1.807, 2.05) is 0 Å². The number of hydrogen-bond donors (Lipinski definition) is 1. The number of esters is 1. The summed E-state index contributed by atoms with van der Waals surface area (Å²) in [5, 5.41) is 0. The Balaban J connectivity index is -0.00000331. The molecule has 45 heavy (non-hydrogen) atoms. The first-order chi connectivity index (χ1) is 21.5. The van der Waals surface area contributed by atoms with Crippen LogP contribution < -0.4 is 17.3 Å². The van der Waals surface area contributed by atoms with Gasteiger partial charge < -0.3 is 22.0 Å². The highest BCUT2D eigenvalue weighted by Crippen LogP contribution is 2.19. The number of hydrogen-bond acceptors (Lipinski definition) is 2. The van der Waals surface area contributed by atoms with Gasteiger partial charge in [-0.2, -0.15) is 0 Å². The van der Waals surface area contributed by atoms with Crippen molar-refractivity contribution in [2.75, 3.05) is 21.1 Å². The molecule has 1 N–H and O–H groups in total. The van der Waals surface area contributed by atoms with Crippen LogP contribution in [0.25, 0.3) is 0 Å². The van der Waals surface area contributed by atoms with E-state index in [2.05, 4.69) is 41.9 Å². The molecule has 3 nitrogen and oxygen atoms in total. The predicted molar refractivity (Wildman–Crippen MR) is 198 cm³/mol. The normalized spacial score (nSPS) is 11.6. The Kier molecular flexibility index (Phi) is 47.7. The maximum absolute atomic E-state index is 12.6. The van der Waals surface area contributed by atoms with E-state index in [0.29, 0.717) is 6.42 Å². The first-order valence-corrected chi connectivity index (χ1v) is 20.4. The van der Waals surface area contributed by atoms with E-state index >= 15 is 0 Å². The fraction of sp³-hybridized carbons (Fsp3) is 0.976. The Morgan fingerprint density at radius 3 is 0.911 bits per heavy atom. The number of carbonyl (C=O) groups is 1. The Labute approximate surface area is 292 Å². The summed E-state index contributed by atoms with van der Waals surface area (Å²) in [6.07, 6.45) is 43.4. The van der Waals surface area contributed by atoms with E-state index < -0.39 is 0 Å². The Hall–Kier alpha value is -0.280. The minimum absolute atomic E-state index is 0. The highest BCUT2D eigenvalue weighted by molar-refractivity contribution is 5.69. The van der Waals surface area contributed by atoms with Crippen LogP contribution in [0.2, 0.25) is 0 Å². The predicted octanol–water partition coefficient (Wildman–Crippen LogP) is 9.60. The van der Waals surface area contributed by atoms with Gasteiger partial charge in [0, 0.05) is 6.42 Å². The van der Waals surface area contributed by atoms with Crippen LogP contribution in [-0.4, -0.2) is 33.2 Å². The summed E-state index contributed by atoms with van der Waals surface area (Å²) >= 11 is 0. The van der Waals surface area contributed by atoms with E-state index in [4.69, 9.17) is 4.74 Å². The van der Waals surface area contributed by atoms with E-state index in [0.717, 1.165) is 19.3 Å². The number of unbranched alkanes of at least 4 members (excludes halogenated alkanes) is 27. The molecule has 0 aliphatic carbocycles. The quantitative estimate of drug-likeness (QED) is 0.0551. The van der Waals surface area contributed by atoms with Gasteiger partial charge in [0.1, 0.15) is 6.10 Å². The molecule has 0 radical (unpaired) electrons. The number of carbonyl (C=O) groups excluding carboxylic acids is 1. The van der Waals surface area contributed by atoms with Crippen LogP contribution in [0.3, 0.4) is 0 Å². The van der Waals surface area contributed by atoms with E-state index in [-0.39, 0.29) is 24.5 Å². The number of nitrogens with one attached hydrogen (secondary N) is 1. The summed E-state index contributed by atoms with van der Waals surface area (Å²) in [4.78, 5) is 14.0. The number of quaternary nitrogens is 1. The maximum Gasteiger partial charge on any atom is 0.306 e. The summed E-state index contributed by atoms with van der Waals surface area (Å²) < 4.78 is 6.03. The van der Waals surface area contributed by atoms with Crippen molar-refractivity contribution in [2.24, 2.45) is 0 Å². The number of halogens is 1. The minimum atomic E-state index is 0. The van der Waals surface area contributed by atoms with Crippen LogP contribution in [0.1, 0.15) is 233 Å². The average Bonchev–Trinajstić information content (AvgIpc) is 2.99. The van der Waals surface area contributed by atoms with E-state index in [1.54, 1.807) is 0 Å². The molecule has 4 heteroatoms. The third-order valence-electron chi connectivity index (χ3n) is 8.79. The molecule has 0 heterocycles. The lowest BCUT2D eigenvalue weighted by Crippen LogP contribution is -3.02. The molecule has 0 bridgehead atoms. The van der Waals surface area contributed by atoms with Crippen molar-refractivity contribution in [3.05, 3.63) is 0 Å². The van der Waals surface area contributed by atoms with Gasteiger partial charge in [-0.1, -0.05) is 194 Å². The summed E-state index contributed by atoms with van der Waals surface area (Å²) in [6.45, 7) is 6.86. The number of ether oxygens (including phenoxy) is 1. The summed E-state index contributed by atoms with van der Waals surface area (Å²) in [7, 11) is 6.25. The van der Waals surface area contributed by atoms with Gasteiger partial charge in [-0.25, -0.2) is 0 Å². The van der Waals surface area contributed by atoms with Crippen LogP contribution in [0.4, 0.5) is 0 Å². The van der Waals surface area contributed by atoms with Crippen LogP contribution in [0.15, 0.2) is 0 Å². The van der Waals surface area contributed by atoms with Gasteiger partial charge in [-0.05, 0) is 32.1 Å². The van der Waals surface area contributed by atoms with Crippen molar-refractivity contribution in [1.29, 1.82) is 0 Å². The molecule has 1 atom stereocenters. The van der Waals surface area contributed by atoms with Crippen LogP contribution >= 0.6 is 0 Å². The lowest BCUT2D eigenvalue weighted by atomic mass is 10.0. The average molecular weight is 661 g/mol. The summed E-state index contributed by atoms with van der Waals surface area (Å²) in [5.41, 5.74) is 0. The molecule has 0 saturated heterocycles. The SMILES string of the molecule is CCCCCCCCCCCCCCCCCC(=O)OC(CCCCCCCC)CCCCCCCCCCC.C[NH+](C)C.[Cl-]. The van der Waals surface area contributed by atoms with Crippen molar-refractivity contribution in [3.8, 4) is 0 Å². The van der Waals surface area contributed by atoms with Crippen molar-refractivity contribution in [2.45, 2.75) is 239 Å². The monoisotopic (exact) mass is 660 g/mol. The molecule has 274 valence electrons. The molecule has 1 unspecified atom stereocenters. The maximum atomic E-state index is 12.6. The molecule has 0 spiro atoms. The molecule has 0 aromatic carbocycles. The third-order valence-corrected chi connectivity index (χ3v) is 8.79. The largest absolute Gasteiger partial charge is 1.00 e. The smallest absolute Gasteiger partial charge is 0.306 e. The lowest BCUT2D eigenvalue weighted by Gasteiger charge is -2.18. The van der Waals surface area contributed by atoms with Crippen molar-refractivity contribution >= 4 is 5.97 Å². The second-order valence-corrected chi connectivity index (χ2v) is 14.5. The second-order valence-electron chi connectivity index (χ2n) is 14.5. The minimum Gasteiger partial charge on any atom is -1.00 e. The van der Waals surface area contributed by atoms with Crippen molar-refractivity contribution < 1.29 is 26.8 Å². The molecule has 0 aromatic heterocycles. The van der Waals surface area contributed by atoms with Crippen molar-refractivity contribution in [1.82, 2.24) is 0 Å². The Morgan fingerprint density at radius 2 is 0.644 bits per heavy atom. The van der Waals surface area contributed by atoms with Crippen molar-refractivity contribution in [3.63, 3.8) is 0 Å². The van der Waals surface area contributed by atoms with E-state index in [1.165, 1.54) is 191 Å². The van der Waals surface area contributed by atoms with Gasteiger partial charge in [0.25, 0.3) is 0 Å². The van der Waals surface area contributed by atoms with Gasteiger partial charge in [0.15, 0.2) is 0 Å². The zero-order valence-corrected chi connectivity index (χ0v) is 32.9. The second kappa shape index (κ2) is 43.7. The van der Waals surface area contributed by atoms with Crippen LogP contribution in [0, 0.1) is 0 Å². The molecule has 0 aliphatic heterocycles. The highest BCUT2D eigenvalue weighted by Gasteiger charge is 2.14. The zero-order chi connectivity index (χ0) is 32.8. The topological polar surface area (TPSA) is 30.7 Å². The van der Waals surface area contributed by atoms with Crippen LogP contribution in [-0.2, 0) is 9.53 Å². The van der Waals surface area contributed by atoms with Gasteiger partial charge in [0.05, 0.1) is 21.1 Å². The molecule has 0 rings (SSSR count). The molecule has 0 saturated carbocycles.